The van der Waals surface area contributed by atoms with Gasteiger partial charge in [0.15, 0.2) is 0 Å². The zero-order valence-corrected chi connectivity index (χ0v) is 20.2. The van der Waals surface area contributed by atoms with Crippen LogP contribution in [0.25, 0.3) is 5.69 Å². The summed E-state index contributed by atoms with van der Waals surface area (Å²) in [4.78, 5) is 17.0. The Balaban J connectivity index is 1.39. The highest BCUT2D eigenvalue weighted by molar-refractivity contribution is 7.88. The van der Waals surface area contributed by atoms with Crippen molar-refractivity contribution in [3.63, 3.8) is 0 Å². The molecule has 1 atom stereocenters. The number of halogens is 2. The van der Waals surface area contributed by atoms with Gasteiger partial charge in [0.2, 0.25) is 15.9 Å². The number of aromatic nitrogens is 2. The number of piperidine rings is 1. The van der Waals surface area contributed by atoms with Crippen LogP contribution in [0.4, 0.5) is 0 Å². The first-order chi connectivity index (χ1) is 15.8. The Morgan fingerprint density at radius 1 is 1.15 bits per heavy atom. The highest BCUT2D eigenvalue weighted by Crippen LogP contribution is 2.26. The summed E-state index contributed by atoms with van der Waals surface area (Å²) in [5, 5.41) is 3.67. The summed E-state index contributed by atoms with van der Waals surface area (Å²) < 4.78 is 29.3. The number of nitrogens with one attached hydrogen (secondary N) is 1. The quantitative estimate of drug-likeness (QED) is 0.523. The van der Waals surface area contributed by atoms with Crippen molar-refractivity contribution in [2.24, 2.45) is 5.92 Å². The fraction of sp³-hybridized carbons (Fsp3) is 0.304. The Labute approximate surface area is 203 Å². The van der Waals surface area contributed by atoms with Gasteiger partial charge in [-0.3, -0.25) is 4.79 Å². The molecule has 0 radical (unpaired) electrons. The van der Waals surface area contributed by atoms with Gasteiger partial charge in [0.05, 0.1) is 33.7 Å². The predicted molar refractivity (Wildman–Crippen MR) is 129 cm³/mol. The van der Waals surface area contributed by atoms with Crippen molar-refractivity contribution >= 4 is 39.1 Å². The van der Waals surface area contributed by atoms with Crippen LogP contribution in [0.5, 0.6) is 0 Å². The number of carbonyl (C=O) groups is 1. The fourth-order valence-electron chi connectivity index (χ4n) is 3.98. The number of hydrogen-bond donors (Lipinski definition) is 1. The molecule has 10 heteroatoms. The normalized spacial score (nSPS) is 17.1. The second-order valence-electron chi connectivity index (χ2n) is 8.02. The van der Waals surface area contributed by atoms with E-state index < -0.39 is 15.9 Å². The second kappa shape index (κ2) is 10.3. The molecule has 0 spiro atoms. The molecule has 0 aliphatic carbocycles. The number of imidazole rings is 1. The Hall–Kier alpha value is -2.39. The third-order valence-corrected chi connectivity index (χ3v) is 8.26. The lowest BCUT2D eigenvalue weighted by Gasteiger charge is -2.31. The average Bonchev–Trinajstić information content (AvgIpc) is 3.35. The van der Waals surface area contributed by atoms with Crippen molar-refractivity contribution in [3.8, 4) is 5.69 Å². The van der Waals surface area contributed by atoms with E-state index >= 15 is 0 Å². The topological polar surface area (TPSA) is 84.3 Å². The summed E-state index contributed by atoms with van der Waals surface area (Å²) in [6.45, 7) is 0.912. The zero-order chi connectivity index (χ0) is 23.4. The molecule has 2 heterocycles. The maximum Gasteiger partial charge on any atom is 0.224 e. The number of carbonyl (C=O) groups excluding carboxylic acids is 1. The van der Waals surface area contributed by atoms with Gasteiger partial charge in [0.1, 0.15) is 0 Å². The monoisotopic (exact) mass is 506 g/mol. The van der Waals surface area contributed by atoms with E-state index in [-0.39, 0.29) is 18.2 Å². The van der Waals surface area contributed by atoms with E-state index in [2.05, 4.69) is 10.3 Å². The Morgan fingerprint density at radius 3 is 2.73 bits per heavy atom. The van der Waals surface area contributed by atoms with Gasteiger partial charge in [-0.2, -0.15) is 0 Å². The Morgan fingerprint density at radius 2 is 1.97 bits per heavy atom. The largest absolute Gasteiger partial charge is 0.352 e. The molecule has 0 unspecified atom stereocenters. The summed E-state index contributed by atoms with van der Waals surface area (Å²) in [7, 11) is -3.59. The van der Waals surface area contributed by atoms with Crippen LogP contribution in [0.3, 0.4) is 0 Å². The van der Waals surface area contributed by atoms with Crippen LogP contribution in [0.2, 0.25) is 10.0 Å². The Kier molecular flexibility index (Phi) is 7.38. The van der Waals surface area contributed by atoms with Crippen LogP contribution in [-0.4, -0.2) is 41.3 Å². The molecule has 1 aliphatic rings. The number of rotatable bonds is 7. The van der Waals surface area contributed by atoms with Gasteiger partial charge in [-0.05, 0) is 42.2 Å². The van der Waals surface area contributed by atoms with Crippen molar-refractivity contribution < 1.29 is 13.2 Å². The highest BCUT2D eigenvalue weighted by atomic mass is 35.5. The van der Waals surface area contributed by atoms with Gasteiger partial charge in [-0.1, -0.05) is 47.5 Å². The highest BCUT2D eigenvalue weighted by Gasteiger charge is 2.32. The van der Waals surface area contributed by atoms with Crippen molar-refractivity contribution in [2.45, 2.75) is 25.1 Å². The first kappa shape index (κ1) is 23.8. The van der Waals surface area contributed by atoms with Crippen LogP contribution in [0.1, 0.15) is 24.0 Å². The molecule has 2 aromatic carbocycles. The van der Waals surface area contributed by atoms with Crippen LogP contribution < -0.4 is 5.32 Å². The molecular formula is C23H24Cl2N4O3S. The minimum Gasteiger partial charge on any atom is -0.352 e. The predicted octanol–water partition coefficient (Wildman–Crippen LogP) is 4.04. The number of sulfonamides is 1. The van der Waals surface area contributed by atoms with E-state index in [0.717, 1.165) is 11.3 Å². The van der Waals surface area contributed by atoms with Crippen molar-refractivity contribution in [1.29, 1.82) is 0 Å². The molecule has 174 valence electrons. The summed E-state index contributed by atoms with van der Waals surface area (Å²) in [6.07, 6.45) is 6.53. The summed E-state index contributed by atoms with van der Waals surface area (Å²) >= 11 is 12.0. The van der Waals surface area contributed by atoms with Crippen molar-refractivity contribution in [1.82, 2.24) is 19.2 Å². The van der Waals surface area contributed by atoms with Gasteiger partial charge in [0, 0.05) is 32.0 Å². The van der Waals surface area contributed by atoms with Crippen LogP contribution >= 0.6 is 23.2 Å². The van der Waals surface area contributed by atoms with Crippen LogP contribution in [-0.2, 0) is 27.1 Å². The minimum atomic E-state index is -3.59. The van der Waals surface area contributed by atoms with E-state index in [0.29, 0.717) is 41.5 Å². The molecule has 1 saturated heterocycles. The van der Waals surface area contributed by atoms with Crippen molar-refractivity contribution in [3.05, 3.63) is 82.4 Å². The molecule has 0 saturated carbocycles. The lowest BCUT2D eigenvalue weighted by Crippen LogP contribution is -2.45. The van der Waals surface area contributed by atoms with Gasteiger partial charge in [-0.25, -0.2) is 17.7 Å². The molecule has 0 bridgehead atoms. The first-order valence-electron chi connectivity index (χ1n) is 10.6. The number of benzene rings is 2. The average molecular weight is 507 g/mol. The second-order valence-corrected chi connectivity index (χ2v) is 10.8. The van der Waals surface area contributed by atoms with Gasteiger partial charge in [-0.15, -0.1) is 0 Å². The van der Waals surface area contributed by atoms with E-state index in [4.69, 9.17) is 23.2 Å². The number of nitrogens with zero attached hydrogens (tertiary/aromatic N) is 3. The molecule has 1 aromatic heterocycles. The van der Waals surface area contributed by atoms with Gasteiger partial charge >= 0.3 is 0 Å². The SMILES string of the molecule is O=C(NCc1ccccc1-n1ccnc1)[C@H]1CCCN(S(=O)(=O)Cc2ccc(Cl)c(Cl)c2)C1. The molecular weight excluding hydrogens is 483 g/mol. The fourth-order valence-corrected chi connectivity index (χ4v) is 5.90. The molecule has 4 rings (SSSR count). The molecule has 1 fully saturated rings. The van der Waals surface area contributed by atoms with E-state index in [1.165, 1.54) is 4.31 Å². The van der Waals surface area contributed by atoms with Gasteiger partial charge < -0.3 is 9.88 Å². The first-order valence-corrected chi connectivity index (χ1v) is 13.0. The minimum absolute atomic E-state index is 0.148. The smallest absolute Gasteiger partial charge is 0.224 e. The number of amides is 1. The molecule has 1 aliphatic heterocycles. The summed E-state index contributed by atoms with van der Waals surface area (Å²) in [5.41, 5.74) is 2.45. The molecule has 33 heavy (non-hydrogen) atoms. The summed E-state index contributed by atoms with van der Waals surface area (Å²) in [5.74, 6) is -0.733. The van der Waals surface area contributed by atoms with Crippen LogP contribution in [0, 0.1) is 5.92 Å². The van der Waals surface area contributed by atoms with E-state index in [1.54, 1.807) is 30.7 Å². The number of hydrogen-bond acceptors (Lipinski definition) is 4. The molecule has 1 amide bonds. The molecule has 7 nitrogen and oxygen atoms in total. The van der Waals surface area contributed by atoms with E-state index in [9.17, 15) is 13.2 Å². The summed E-state index contributed by atoms with van der Waals surface area (Å²) in [6, 6.07) is 12.6. The zero-order valence-electron chi connectivity index (χ0n) is 17.8. The van der Waals surface area contributed by atoms with Gasteiger partial charge in [0.25, 0.3) is 0 Å². The molecule has 1 N–H and O–H groups in total. The standard InChI is InChI=1S/C23H24Cl2N4O3S/c24-20-8-7-17(12-21(20)25)15-33(31,32)29-10-3-5-19(14-29)23(30)27-13-18-4-1-2-6-22(18)28-11-9-26-16-28/h1-2,4,6-9,11-12,16,19H,3,5,10,13-15H2,(H,27,30)/t19-/m0/s1. The number of para-hydroxylation sites is 1. The third kappa shape index (κ3) is 5.76. The maximum absolute atomic E-state index is 13.0. The Bertz CT molecular complexity index is 1230. The third-order valence-electron chi connectivity index (χ3n) is 5.71. The molecule has 3 aromatic rings. The van der Waals surface area contributed by atoms with Crippen LogP contribution in [0.15, 0.2) is 61.2 Å². The lowest BCUT2D eigenvalue weighted by molar-refractivity contribution is -0.126. The maximum atomic E-state index is 13.0. The van der Waals surface area contributed by atoms with Crippen molar-refractivity contribution in [2.75, 3.05) is 13.1 Å². The van der Waals surface area contributed by atoms with E-state index in [1.807, 2.05) is 35.0 Å². The lowest BCUT2D eigenvalue weighted by atomic mass is 9.98.